The van der Waals surface area contributed by atoms with Crippen molar-refractivity contribution in [2.24, 2.45) is 17.8 Å². The molecule has 0 bridgehead atoms. The third kappa shape index (κ3) is 4.07. The molecular weight excluding hydrogens is 298 g/mol. The van der Waals surface area contributed by atoms with Crippen LogP contribution in [-0.4, -0.2) is 36.8 Å². The summed E-state index contributed by atoms with van der Waals surface area (Å²) in [6, 6.07) is 0.578. The van der Waals surface area contributed by atoms with Gasteiger partial charge in [-0.25, -0.2) is 10.0 Å². The molecule has 0 aromatic carbocycles. The van der Waals surface area contributed by atoms with Gasteiger partial charge in [0.25, 0.3) is 0 Å². The Kier molecular flexibility index (Phi) is 5.76. The predicted molar refractivity (Wildman–Crippen MR) is 108 cm³/mol. The molecule has 0 spiro atoms. The summed E-state index contributed by atoms with van der Waals surface area (Å²) < 4.78 is 0. The fraction of sp³-hybridized carbons (Fsp3) is 0.714. The Labute approximate surface area is 146 Å². The van der Waals surface area contributed by atoms with Crippen LogP contribution in [0.1, 0.15) is 47.0 Å². The lowest BCUT2D eigenvalue weighted by molar-refractivity contribution is 0.190. The molecular formula is C21H37NS. The van der Waals surface area contributed by atoms with Crippen LogP contribution < -0.4 is 0 Å². The Morgan fingerprint density at radius 2 is 1.91 bits per heavy atom. The molecule has 2 unspecified atom stereocenters. The molecule has 0 saturated heterocycles. The zero-order valence-electron chi connectivity index (χ0n) is 16.5. The zero-order chi connectivity index (χ0) is 17.4. The van der Waals surface area contributed by atoms with Crippen molar-refractivity contribution in [1.29, 1.82) is 0 Å². The molecule has 3 atom stereocenters. The number of hydrogen-bond donors (Lipinski definition) is 0. The van der Waals surface area contributed by atoms with Gasteiger partial charge in [-0.2, -0.15) is 0 Å². The molecule has 1 aliphatic heterocycles. The molecule has 0 radical (unpaired) electrons. The van der Waals surface area contributed by atoms with Crippen molar-refractivity contribution in [2.45, 2.75) is 53.0 Å². The van der Waals surface area contributed by atoms with Crippen LogP contribution in [0.15, 0.2) is 34.4 Å². The maximum atomic E-state index is 2.53. The average molecular weight is 336 g/mol. The second-order valence-electron chi connectivity index (χ2n) is 8.72. The van der Waals surface area contributed by atoms with Crippen molar-refractivity contribution in [3.05, 3.63) is 34.4 Å². The first-order valence-corrected chi connectivity index (χ1v) is 12.0. The van der Waals surface area contributed by atoms with Crippen molar-refractivity contribution in [3.8, 4) is 0 Å². The Balaban J connectivity index is 2.44. The molecule has 0 aromatic heterocycles. The quantitative estimate of drug-likeness (QED) is 0.627. The van der Waals surface area contributed by atoms with E-state index < -0.39 is 10.0 Å². The van der Waals surface area contributed by atoms with Crippen LogP contribution in [0.25, 0.3) is 0 Å². The maximum Gasteiger partial charge on any atom is 0.0531 e. The number of likely N-dealkylation sites (N-methyl/N-ethyl adjacent to an activating group) is 1. The minimum absolute atomic E-state index is 0.578. The molecule has 1 aliphatic carbocycles. The lowest BCUT2D eigenvalue weighted by Crippen LogP contribution is -2.44. The van der Waals surface area contributed by atoms with Gasteiger partial charge in [0.1, 0.15) is 0 Å². The van der Waals surface area contributed by atoms with Gasteiger partial charge in [-0.15, -0.1) is 0 Å². The number of rotatable bonds is 4. The number of nitrogens with zero attached hydrogens (tertiary/aromatic N) is 1. The molecule has 0 N–H and O–H groups in total. The van der Waals surface area contributed by atoms with Gasteiger partial charge in [-0.3, -0.25) is 0 Å². The van der Waals surface area contributed by atoms with Gasteiger partial charge < -0.3 is 4.90 Å². The molecule has 23 heavy (non-hydrogen) atoms. The Bertz CT molecular complexity index is 518. The van der Waals surface area contributed by atoms with Gasteiger partial charge in [0.05, 0.1) is 6.04 Å². The summed E-state index contributed by atoms with van der Waals surface area (Å²) in [4.78, 5) is 4.26. The van der Waals surface area contributed by atoms with E-state index >= 15 is 0 Å². The summed E-state index contributed by atoms with van der Waals surface area (Å²) in [5.41, 5.74) is 3.18. The lowest BCUT2D eigenvalue weighted by Gasteiger charge is -2.49. The number of allylic oxidation sites excluding steroid dienone is 4. The topological polar surface area (TPSA) is 3.24 Å². The van der Waals surface area contributed by atoms with Gasteiger partial charge >= 0.3 is 0 Å². The Morgan fingerprint density at radius 3 is 2.43 bits per heavy atom. The van der Waals surface area contributed by atoms with E-state index in [9.17, 15) is 0 Å². The van der Waals surface area contributed by atoms with E-state index in [4.69, 9.17) is 0 Å². The predicted octanol–water partition coefficient (Wildman–Crippen LogP) is 5.80. The minimum atomic E-state index is -0.665. The summed E-state index contributed by atoms with van der Waals surface area (Å²) in [5.74, 6) is 2.20. The molecule has 0 saturated carbocycles. The third-order valence-corrected chi connectivity index (χ3v) is 7.33. The highest BCUT2D eigenvalue weighted by Crippen LogP contribution is 2.55. The third-order valence-electron chi connectivity index (χ3n) is 5.51. The first-order chi connectivity index (χ1) is 10.6. The van der Waals surface area contributed by atoms with Gasteiger partial charge in [0.2, 0.25) is 0 Å². The van der Waals surface area contributed by atoms with Crippen LogP contribution in [0.3, 0.4) is 0 Å². The molecule has 0 fully saturated rings. The van der Waals surface area contributed by atoms with Crippen LogP contribution in [0, 0.1) is 17.8 Å². The van der Waals surface area contributed by atoms with E-state index in [1.165, 1.54) is 24.8 Å². The van der Waals surface area contributed by atoms with Gasteiger partial charge in [0, 0.05) is 13.2 Å². The van der Waals surface area contributed by atoms with E-state index in [1.54, 1.807) is 10.5 Å². The minimum Gasteiger partial charge on any atom is -0.373 e. The van der Waals surface area contributed by atoms with Crippen LogP contribution in [-0.2, 0) is 0 Å². The SMILES string of the molecule is CC1=C([C@@H]2C(C)C(CC(C)C)C(S(C)(C)C)=CN2C)CCC=C1. The van der Waals surface area contributed by atoms with Crippen LogP contribution in [0.4, 0.5) is 0 Å². The summed E-state index contributed by atoms with van der Waals surface area (Å²) in [5, 5.41) is 0. The molecule has 2 aliphatic rings. The fourth-order valence-electron chi connectivity index (χ4n) is 4.43. The molecule has 1 nitrogen and oxygen atoms in total. The molecule has 2 rings (SSSR count). The smallest absolute Gasteiger partial charge is 0.0531 e. The summed E-state index contributed by atoms with van der Waals surface area (Å²) in [7, 11) is 1.64. The van der Waals surface area contributed by atoms with E-state index in [1.807, 2.05) is 0 Å². The van der Waals surface area contributed by atoms with E-state index in [0.29, 0.717) is 12.0 Å². The Hall–Kier alpha value is -0.630. The van der Waals surface area contributed by atoms with E-state index in [0.717, 1.165) is 11.8 Å². The molecule has 132 valence electrons. The second kappa shape index (κ2) is 7.09. The first-order valence-electron chi connectivity index (χ1n) is 9.11. The van der Waals surface area contributed by atoms with E-state index in [-0.39, 0.29) is 0 Å². The first kappa shape index (κ1) is 18.7. The maximum absolute atomic E-state index is 2.53. The van der Waals surface area contributed by atoms with Crippen LogP contribution >= 0.6 is 10.0 Å². The second-order valence-corrected chi connectivity index (χ2v) is 12.9. The average Bonchev–Trinajstić information content (AvgIpc) is 2.42. The zero-order valence-corrected chi connectivity index (χ0v) is 17.3. The van der Waals surface area contributed by atoms with Crippen molar-refractivity contribution in [3.63, 3.8) is 0 Å². The molecule has 0 amide bonds. The summed E-state index contributed by atoms with van der Waals surface area (Å²) in [6.45, 7) is 9.56. The summed E-state index contributed by atoms with van der Waals surface area (Å²) in [6.07, 6.45) is 18.3. The highest BCUT2D eigenvalue weighted by molar-refractivity contribution is 8.35. The standard InChI is InChI=1S/C21H37NS/c1-15(2)13-19-17(4)21(18-12-10-9-11-16(18)3)22(5)14-20(19)23(6,7)8/h9,11,14-15,17,19,21H,10,12-13H2,1-8H3/t17?,19?,21-/m0/s1. The van der Waals surface area contributed by atoms with Gasteiger partial charge in [0.15, 0.2) is 0 Å². The van der Waals surface area contributed by atoms with Crippen molar-refractivity contribution in [2.75, 3.05) is 25.8 Å². The molecule has 2 heteroatoms. The van der Waals surface area contributed by atoms with Crippen LogP contribution in [0.5, 0.6) is 0 Å². The highest BCUT2D eigenvalue weighted by atomic mass is 32.3. The van der Waals surface area contributed by atoms with Crippen molar-refractivity contribution < 1.29 is 0 Å². The molecule has 0 aromatic rings. The number of hydrogen-bond acceptors (Lipinski definition) is 1. The lowest BCUT2D eigenvalue weighted by atomic mass is 9.74. The van der Waals surface area contributed by atoms with Crippen molar-refractivity contribution in [1.82, 2.24) is 4.90 Å². The van der Waals surface area contributed by atoms with E-state index in [2.05, 4.69) is 76.8 Å². The monoisotopic (exact) mass is 335 g/mol. The van der Waals surface area contributed by atoms with Gasteiger partial charge in [-0.1, -0.05) is 38.5 Å². The highest BCUT2D eigenvalue weighted by Gasteiger charge is 2.39. The fourth-order valence-corrected chi connectivity index (χ4v) is 6.13. The molecule has 1 heterocycles. The normalized spacial score (nSPS) is 30.0. The Morgan fingerprint density at radius 1 is 1.26 bits per heavy atom. The largest absolute Gasteiger partial charge is 0.373 e. The van der Waals surface area contributed by atoms with Gasteiger partial charge in [-0.05, 0) is 73.2 Å². The summed E-state index contributed by atoms with van der Waals surface area (Å²) >= 11 is 0. The van der Waals surface area contributed by atoms with Crippen molar-refractivity contribution >= 4 is 10.0 Å². The van der Waals surface area contributed by atoms with Crippen LogP contribution in [0.2, 0.25) is 0 Å².